The first-order chi connectivity index (χ1) is 10.1. The Morgan fingerprint density at radius 2 is 2.10 bits per heavy atom. The van der Waals surface area contributed by atoms with Crippen LogP contribution >= 0.6 is 0 Å². The van der Waals surface area contributed by atoms with E-state index < -0.39 is 0 Å². The molecular weight excluding hydrogens is 266 g/mol. The summed E-state index contributed by atoms with van der Waals surface area (Å²) in [4.78, 5) is 16.3. The smallest absolute Gasteiger partial charge is 0.255 e. The molecule has 0 saturated carbocycles. The van der Waals surface area contributed by atoms with Crippen molar-refractivity contribution < 1.29 is 9.53 Å². The van der Waals surface area contributed by atoms with Crippen molar-refractivity contribution in [1.29, 1.82) is 0 Å². The van der Waals surface area contributed by atoms with Crippen molar-refractivity contribution in [3.05, 3.63) is 23.9 Å². The Bertz CT molecular complexity index is 468. The minimum absolute atomic E-state index is 0.0689. The van der Waals surface area contributed by atoms with Gasteiger partial charge < -0.3 is 15.4 Å². The molecule has 5 heteroatoms. The predicted molar refractivity (Wildman–Crippen MR) is 83.5 cm³/mol. The first kappa shape index (κ1) is 15.8. The number of anilines is 1. The number of ether oxygens (including phenoxy) is 1. The largest absolute Gasteiger partial charge is 0.376 e. The van der Waals surface area contributed by atoms with Crippen molar-refractivity contribution in [2.24, 2.45) is 5.92 Å². The zero-order chi connectivity index (χ0) is 15.2. The van der Waals surface area contributed by atoms with E-state index in [-0.39, 0.29) is 5.91 Å². The molecule has 1 saturated heterocycles. The van der Waals surface area contributed by atoms with E-state index in [0.717, 1.165) is 19.3 Å². The van der Waals surface area contributed by atoms with Crippen LogP contribution in [0.1, 0.15) is 43.5 Å². The van der Waals surface area contributed by atoms with Crippen LogP contribution in [0.4, 0.5) is 5.82 Å². The lowest BCUT2D eigenvalue weighted by atomic mass is 9.90. The lowest BCUT2D eigenvalue weighted by Gasteiger charge is -2.32. The summed E-state index contributed by atoms with van der Waals surface area (Å²) in [6.45, 7) is 4.94. The molecule has 21 heavy (non-hydrogen) atoms. The Labute approximate surface area is 126 Å². The molecule has 2 N–H and O–H groups in total. The van der Waals surface area contributed by atoms with Crippen LogP contribution in [0, 0.1) is 5.92 Å². The number of hydrogen-bond acceptors (Lipinski definition) is 4. The van der Waals surface area contributed by atoms with E-state index in [1.165, 1.54) is 0 Å². The third kappa shape index (κ3) is 4.43. The molecule has 2 rings (SSSR count). The number of nitrogens with one attached hydrogen (secondary N) is 2. The number of pyridine rings is 1. The number of carbonyl (C=O) groups is 1. The molecule has 0 aromatic carbocycles. The second-order valence-corrected chi connectivity index (χ2v) is 5.79. The molecule has 2 heterocycles. The zero-order valence-corrected chi connectivity index (χ0v) is 13.1. The minimum atomic E-state index is -0.0689. The number of aromatic nitrogens is 1. The summed E-state index contributed by atoms with van der Waals surface area (Å²) in [5.74, 6) is 1.17. The second-order valence-electron chi connectivity index (χ2n) is 5.79. The highest BCUT2D eigenvalue weighted by Crippen LogP contribution is 2.26. The highest BCUT2D eigenvalue weighted by Gasteiger charge is 2.24. The molecule has 1 fully saturated rings. The number of amides is 1. The topological polar surface area (TPSA) is 63.2 Å². The summed E-state index contributed by atoms with van der Waals surface area (Å²) in [5, 5.41) is 5.93. The normalized spacial score (nSPS) is 25.4. The molecule has 1 amide bonds. The molecule has 0 aliphatic carbocycles. The van der Waals surface area contributed by atoms with Gasteiger partial charge in [-0.1, -0.05) is 0 Å². The van der Waals surface area contributed by atoms with E-state index in [1.807, 2.05) is 0 Å². The number of carbonyl (C=O) groups excluding carboxylic acids is 1. The van der Waals surface area contributed by atoms with E-state index in [4.69, 9.17) is 4.74 Å². The van der Waals surface area contributed by atoms with Crippen LogP contribution in [0.5, 0.6) is 0 Å². The summed E-state index contributed by atoms with van der Waals surface area (Å²) in [5.41, 5.74) is 0.591. The maximum Gasteiger partial charge on any atom is 0.255 e. The summed E-state index contributed by atoms with van der Waals surface area (Å²) in [6.07, 6.45) is 5.48. The number of rotatable bonds is 5. The summed E-state index contributed by atoms with van der Waals surface area (Å²) < 4.78 is 5.74. The maximum atomic E-state index is 12.2. The number of hydrogen-bond donors (Lipinski definition) is 2. The van der Waals surface area contributed by atoms with Crippen molar-refractivity contribution >= 4 is 11.7 Å². The molecule has 5 nitrogen and oxygen atoms in total. The van der Waals surface area contributed by atoms with Gasteiger partial charge >= 0.3 is 0 Å². The monoisotopic (exact) mass is 291 g/mol. The standard InChI is InChI=1S/C16H25N3O2/c1-11-9-13(10-12(2)21-11)6-8-19-16(20)14-5-4-7-18-15(14)17-3/h4-5,7,11-13H,6,8-10H2,1-3H3,(H,17,18)(H,19,20). The molecule has 2 unspecified atom stereocenters. The summed E-state index contributed by atoms with van der Waals surface area (Å²) in [7, 11) is 1.77. The van der Waals surface area contributed by atoms with Crippen LogP contribution in [0.2, 0.25) is 0 Å². The fourth-order valence-electron chi connectivity index (χ4n) is 3.05. The molecule has 1 aromatic rings. The van der Waals surface area contributed by atoms with Crippen molar-refractivity contribution in [2.45, 2.75) is 45.3 Å². The Morgan fingerprint density at radius 1 is 1.38 bits per heavy atom. The number of nitrogens with zero attached hydrogens (tertiary/aromatic N) is 1. The minimum Gasteiger partial charge on any atom is -0.376 e. The van der Waals surface area contributed by atoms with Gasteiger partial charge in [-0.05, 0) is 51.2 Å². The second kappa shape index (κ2) is 7.41. The Hall–Kier alpha value is -1.62. The molecule has 116 valence electrons. The quantitative estimate of drug-likeness (QED) is 0.874. The molecule has 1 aliphatic heterocycles. The van der Waals surface area contributed by atoms with E-state index in [9.17, 15) is 4.79 Å². The van der Waals surface area contributed by atoms with Gasteiger partial charge in [-0.25, -0.2) is 4.98 Å². The molecule has 0 spiro atoms. The van der Waals surface area contributed by atoms with Crippen LogP contribution in [0.15, 0.2) is 18.3 Å². The molecular formula is C16H25N3O2. The van der Waals surface area contributed by atoms with Gasteiger partial charge in [0.15, 0.2) is 0 Å². The van der Waals surface area contributed by atoms with Gasteiger partial charge in [0, 0.05) is 19.8 Å². The van der Waals surface area contributed by atoms with Gasteiger partial charge in [-0.2, -0.15) is 0 Å². The SMILES string of the molecule is CNc1ncccc1C(=O)NCCC1CC(C)OC(C)C1. The third-order valence-corrected chi connectivity index (χ3v) is 3.92. The van der Waals surface area contributed by atoms with Gasteiger partial charge in [0.25, 0.3) is 5.91 Å². The van der Waals surface area contributed by atoms with E-state index >= 15 is 0 Å². The van der Waals surface area contributed by atoms with Crippen LogP contribution in [0.3, 0.4) is 0 Å². The average molecular weight is 291 g/mol. The van der Waals surface area contributed by atoms with Gasteiger partial charge in [0.2, 0.25) is 0 Å². The highest BCUT2D eigenvalue weighted by molar-refractivity contribution is 5.98. The van der Waals surface area contributed by atoms with Crippen molar-refractivity contribution in [2.75, 3.05) is 18.9 Å². The fourth-order valence-corrected chi connectivity index (χ4v) is 3.05. The average Bonchev–Trinajstić information content (AvgIpc) is 2.46. The van der Waals surface area contributed by atoms with E-state index in [0.29, 0.717) is 36.1 Å². The van der Waals surface area contributed by atoms with Crippen LogP contribution in [-0.4, -0.2) is 36.7 Å². The molecule has 0 bridgehead atoms. The Morgan fingerprint density at radius 3 is 2.76 bits per heavy atom. The highest BCUT2D eigenvalue weighted by atomic mass is 16.5. The summed E-state index contributed by atoms with van der Waals surface area (Å²) >= 11 is 0. The maximum absolute atomic E-state index is 12.2. The van der Waals surface area contributed by atoms with Crippen molar-refractivity contribution in [1.82, 2.24) is 10.3 Å². The molecule has 2 atom stereocenters. The van der Waals surface area contributed by atoms with E-state index in [1.54, 1.807) is 25.4 Å². The third-order valence-electron chi connectivity index (χ3n) is 3.92. The first-order valence-electron chi connectivity index (χ1n) is 7.66. The van der Waals surface area contributed by atoms with Crippen molar-refractivity contribution in [3.63, 3.8) is 0 Å². The Balaban J connectivity index is 1.81. The van der Waals surface area contributed by atoms with Crippen molar-refractivity contribution in [3.8, 4) is 0 Å². The van der Waals surface area contributed by atoms with Gasteiger partial charge in [0.05, 0.1) is 17.8 Å². The van der Waals surface area contributed by atoms with Crippen LogP contribution < -0.4 is 10.6 Å². The first-order valence-corrected chi connectivity index (χ1v) is 7.66. The van der Waals surface area contributed by atoms with Gasteiger partial charge in [-0.15, -0.1) is 0 Å². The lowest BCUT2D eigenvalue weighted by molar-refractivity contribution is -0.0531. The van der Waals surface area contributed by atoms with Gasteiger partial charge in [0.1, 0.15) is 5.82 Å². The van der Waals surface area contributed by atoms with Crippen LogP contribution in [0.25, 0.3) is 0 Å². The van der Waals surface area contributed by atoms with Gasteiger partial charge in [-0.3, -0.25) is 4.79 Å². The van der Waals surface area contributed by atoms with E-state index in [2.05, 4.69) is 29.5 Å². The lowest BCUT2D eigenvalue weighted by Crippen LogP contribution is -2.32. The molecule has 1 aromatic heterocycles. The predicted octanol–water partition coefficient (Wildman–Crippen LogP) is 2.45. The Kier molecular flexibility index (Phi) is 5.56. The summed E-state index contributed by atoms with van der Waals surface area (Å²) in [6, 6.07) is 3.56. The molecule has 0 radical (unpaired) electrons. The zero-order valence-electron chi connectivity index (χ0n) is 13.1. The van der Waals surface area contributed by atoms with Crippen LogP contribution in [-0.2, 0) is 4.74 Å². The fraction of sp³-hybridized carbons (Fsp3) is 0.625. The molecule has 1 aliphatic rings.